The maximum atomic E-state index is 13.8. The average molecular weight is 379 g/mol. The summed E-state index contributed by atoms with van der Waals surface area (Å²) in [5.41, 5.74) is 0.705. The molecule has 0 bridgehead atoms. The van der Waals surface area contributed by atoms with Crippen molar-refractivity contribution in [3.8, 4) is 0 Å². The Morgan fingerprint density at radius 2 is 1.78 bits per heavy atom. The molecule has 1 amide bonds. The van der Waals surface area contributed by atoms with E-state index in [9.17, 15) is 19.1 Å². The van der Waals surface area contributed by atoms with Crippen LogP contribution in [0, 0.1) is 5.82 Å². The molecule has 0 aliphatic carbocycles. The molecule has 4 nitrogen and oxygen atoms in total. The van der Waals surface area contributed by atoms with Gasteiger partial charge in [0.25, 0.3) is 11.7 Å². The SMILES string of the molecule is O=C1C(=O)N(c2cccc(F)c2)C(c2cccs2)/C1=C(/O)c1ccccc1. The van der Waals surface area contributed by atoms with E-state index in [1.165, 1.54) is 34.4 Å². The summed E-state index contributed by atoms with van der Waals surface area (Å²) in [4.78, 5) is 27.5. The molecule has 0 spiro atoms. The topological polar surface area (TPSA) is 57.6 Å². The molecule has 1 aliphatic heterocycles. The second kappa shape index (κ2) is 6.81. The fourth-order valence-electron chi connectivity index (χ4n) is 3.19. The highest BCUT2D eigenvalue weighted by atomic mass is 32.1. The van der Waals surface area contributed by atoms with Crippen molar-refractivity contribution in [2.24, 2.45) is 0 Å². The molecule has 1 aliphatic rings. The fraction of sp³-hybridized carbons (Fsp3) is 0.0476. The van der Waals surface area contributed by atoms with E-state index in [1.54, 1.807) is 48.5 Å². The lowest BCUT2D eigenvalue weighted by Crippen LogP contribution is -2.29. The Labute approximate surface area is 158 Å². The molecule has 1 atom stereocenters. The van der Waals surface area contributed by atoms with Gasteiger partial charge in [-0.15, -0.1) is 11.3 Å². The van der Waals surface area contributed by atoms with Gasteiger partial charge in [-0.2, -0.15) is 0 Å². The number of carbonyl (C=O) groups excluding carboxylic acids is 2. The number of aliphatic hydroxyl groups is 1. The van der Waals surface area contributed by atoms with Gasteiger partial charge in [0.15, 0.2) is 0 Å². The Bertz CT molecular complexity index is 1040. The van der Waals surface area contributed by atoms with Crippen LogP contribution in [-0.2, 0) is 9.59 Å². The molecule has 0 radical (unpaired) electrons. The first-order valence-electron chi connectivity index (χ1n) is 8.23. The van der Waals surface area contributed by atoms with Crippen LogP contribution in [0.25, 0.3) is 5.76 Å². The first-order valence-corrected chi connectivity index (χ1v) is 9.11. The van der Waals surface area contributed by atoms with Crippen LogP contribution in [0.1, 0.15) is 16.5 Å². The van der Waals surface area contributed by atoms with Gasteiger partial charge in [0, 0.05) is 16.1 Å². The van der Waals surface area contributed by atoms with Crippen molar-refractivity contribution in [3.63, 3.8) is 0 Å². The molecule has 2 aromatic carbocycles. The Balaban J connectivity index is 1.94. The zero-order chi connectivity index (χ0) is 19.0. The summed E-state index contributed by atoms with van der Waals surface area (Å²) in [5.74, 6) is -2.34. The first-order chi connectivity index (χ1) is 13.1. The van der Waals surface area contributed by atoms with Crippen molar-refractivity contribution in [3.05, 3.63) is 93.9 Å². The van der Waals surface area contributed by atoms with Crippen molar-refractivity contribution >= 4 is 34.5 Å². The zero-order valence-electron chi connectivity index (χ0n) is 14.0. The molecule has 2 heterocycles. The fourth-order valence-corrected chi connectivity index (χ4v) is 4.02. The van der Waals surface area contributed by atoms with Gasteiger partial charge in [-0.25, -0.2) is 4.39 Å². The van der Waals surface area contributed by atoms with Gasteiger partial charge in [0.2, 0.25) is 0 Å². The molecule has 6 heteroatoms. The minimum atomic E-state index is -0.813. The smallest absolute Gasteiger partial charge is 0.300 e. The van der Waals surface area contributed by atoms with E-state index in [0.717, 1.165) is 0 Å². The number of ketones is 1. The predicted molar refractivity (Wildman–Crippen MR) is 102 cm³/mol. The molecule has 27 heavy (non-hydrogen) atoms. The van der Waals surface area contributed by atoms with Gasteiger partial charge in [-0.1, -0.05) is 42.5 Å². The third-order valence-electron chi connectivity index (χ3n) is 4.39. The van der Waals surface area contributed by atoms with E-state index in [2.05, 4.69) is 0 Å². The summed E-state index contributed by atoms with van der Waals surface area (Å²) in [6.07, 6.45) is 0. The number of Topliss-reactive ketones (excluding diaryl/α,β-unsaturated/α-hetero) is 1. The zero-order valence-corrected chi connectivity index (χ0v) is 14.8. The predicted octanol–water partition coefficient (Wildman–Crippen LogP) is 4.51. The molecule has 134 valence electrons. The molecule has 4 rings (SSSR count). The van der Waals surface area contributed by atoms with Crippen molar-refractivity contribution in [2.45, 2.75) is 6.04 Å². The number of nitrogens with zero attached hydrogens (tertiary/aromatic N) is 1. The largest absolute Gasteiger partial charge is 0.507 e. The maximum Gasteiger partial charge on any atom is 0.300 e. The lowest BCUT2D eigenvalue weighted by Gasteiger charge is -2.24. The van der Waals surface area contributed by atoms with Crippen molar-refractivity contribution < 1.29 is 19.1 Å². The molecule has 3 aromatic rings. The lowest BCUT2D eigenvalue weighted by atomic mass is 10.00. The third-order valence-corrected chi connectivity index (χ3v) is 5.32. The van der Waals surface area contributed by atoms with Crippen molar-refractivity contribution in [1.82, 2.24) is 0 Å². The number of hydrogen-bond acceptors (Lipinski definition) is 4. The number of anilines is 1. The van der Waals surface area contributed by atoms with Crippen LogP contribution in [0.15, 0.2) is 77.7 Å². The second-order valence-corrected chi connectivity index (χ2v) is 7.01. The Hall–Kier alpha value is -3.25. The number of thiophene rings is 1. The van der Waals surface area contributed by atoms with Crippen LogP contribution in [0.3, 0.4) is 0 Å². The Kier molecular flexibility index (Phi) is 4.33. The number of benzene rings is 2. The molecule has 1 saturated heterocycles. The summed E-state index contributed by atoms with van der Waals surface area (Å²) in [6, 6.07) is 16.9. The highest BCUT2D eigenvalue weighted by molar-refractivity contribution is 7.10. The van der Waals surface area contributed by atoms with Crippen molar-refractivity contribution in [2.75, 3.05) is 4.90 Å². The van der Waals surface area contributed by atoms with Gasteiger partial charge >= 0.3 is 0 Å². The molecular formula is C21H14FNO3S. The van der Waals surface area contributed by atoms with Crippen LogP contribution in [0.4, 0.5) is 10.1 Å². The number of hydrogen-bond donors (Lipinski definition) is 1. The van der Waals surface area contributed by atoms with E-state index in [4.69, 9.17) is 0 Å². The number of amides is 1. The van der Waals surface area contributed by atoms with Gasteiger partial charge in [-0.05, 0) is 29.6 Å². The first kappa shape index (κ1) is 17.2. The average Bonchev–Trinajstić information content (AvgIpc) is 3.29. The molecule has 1 fully saturated rings. The monoisotopic (exact) mass is 379 g/mol. The van der Waals surface area contributed by atoms with Crippen LogP contribution >= 0.6 is 11.3 Å². The van der Waals surface area contributed by atoms with Crippen LogP contribution in [0.5, 0.6) is 0 Å². The number of aliphatic hydroxyl groups excluding tert-OH is 1. The van der Waals surface area contributed by atoms with E-state index < -0.39 is 23.5 Å². The molecular weight excluding hydrogens is 365 g/mol. The van der Waals surface area contributed by atoms with Gasteiger partial charge in [-0.3, -0.25) is 14.5 Å². The van der Waals surface area contributed by atoms with Crippen molar-refractivity contribution in [1.29, 1.82) is 0 Å². The number of halogens is 1. The van der Waals surface area contributed by atoms with Crippen LogP contribution in [0.2, 0.25) is 0 Å². The highest BCUT2D eigenvalue weighted by Crippen LogP contribution is 2.43. The molecule has 1 unspecified atom stereocenters. The van der Waals surface area contributed by atoms with Gasteiger partial charge in [0.05, 0.1) is 5.57 Å². The molecule has 0 saturated carbocycles. The Morgan fingerprint density at radius 3 is 2.44 bits per heavy atom. The van der Waals surface area contributed by atoms with E-state index in [0.29, 0.717) is 10.4 Å². The van der Waals surface area contributed by atoms with Crippen LogP contribution in [-0.4, -0.2) is 16.8 Å². The quantitative estimate of drug-likeness (QED) is 0.414. The van der Waals surface area contributed by atoms with E-state index >= 15 is 0 Å². The van der Waals surface area contributed by atoms with E-state index in [1.807, 2.05) is 5.38 Å². The van der Waals surface area contributed by atoms with Gasteiger partial charge < -0.3 is 5.11 Å². The molecule has 1 N–H and O–H groups in total. The minimum absolute atomic E-state index is 0.00193. The summed E-state index contributed by atoms with van der Waals surface area (Å²) in [5, 5.41) is 12.6. The highest BCUT2D eigenvalue weighted by Gasteiger charge is 2.47. The van der Waals surface area contributed by atoms with Crippen LogP contribution < -0.4 is 4.90 Å². The summed E-state index contributed by atoms with van der Waals surface area (Å²) >= 11 is 1.36. The van der Waals surface area contributed by atoms with E-state index in [-0.39, 0.29) is 17.0 Å². The summed E-state index contributed by atoms with van der Waals surface area (Å²) in [6.45, 7) is 0. The normalized spacial score (nSPS) is 18.9. The second-order valence-electron chi connectivity index (χ2n) is 6.03. The Morgan fingerprint density at radius 1 is 1.00 bits per heavy atom. The third kappa shape index (κ3) is 2.94. The van der Waals surface area contributed by atoms with Gasteiger partial charge in [0.1, 0.15) is 17.6 Å². The summed E-state index contributed by atoms with van der Waals surface area (Å²) in [7, 11) is 0. The summed E-state index contributed by atoms with van der Waals surface area (Å²) < 4.78 is 13.8. The molecule has 1 aromatic heterocycles. The number of rotatable bonds is 3. The maximum absolute atomic E-state index is 13.8. The minimum Gasteiger partial charge on any atom is -0.507 e. The lowest BCUT2D eigenvalue weighted by molar-refractivity contribution is -0.132. The number of carbonyl (C=O) groups is 2. The standard InChI is InChI=1S/C21H14FNO3S/c22-14-8-4-9-15(12-14)23-18(16-10-5-11-27-16)17(20(25)21(23)26)19(24)13-6-2-1-3-7-13/h1-12,18,24H/b19-17-.